The van der Waals surface area contributed by atoms with E-state index in [-0.39, 0.29) is 23.2 Å². The van der Waals surface area contributed by atoms with Gasteiger partial charge in [0.15, 0.2) is 0 Å². The van der Waals surface area contributed by atoms with Gasteiger partial charge in [0.25, 0.3) is 16.0 Å². The van der Waals surface area contributed by atoms with Crippen LogP contribution in [-0.2, 0) is 20.8 Å². The van der Waals surface area contributed by atoms with Crippen molar-refractivity contribution in [2.75, 3.05) is 19.4 Å². The van der Waals surface area contributed by atoms with E-state index >= 15 is 0 Å². The number of hydrogen-bond acceptors (Lipinski definition) is 6. The average Bonchev–Trinajstić information content (AvgIpc) is 2.97. The van der Waals surface area contributed by atoms with Gasteiger partial charge < -0.3 is 11.1 Å². The quantitative estimate of drug-likeness (QED) is 0.688. The van der Waals surface area contributed by atoms with Crippen molar-refractivity contribution in [2.45, 2.75) is 19.0 Å². The van der Waals surface area contributed by atoms with Crippen LogP contribution < -0.4 is 11.1 Å². The molecule has 1 aromatic carbocycles. The zero-order chi connectivity index (χ0) is 19.8. The molecule has 2 heterocycles. The summed E-state index contributed by atoms with van der Waals surface area (Å²) in [6, 6.07) is 3.80. The SMILES string of the molecule is CS(=O)(=O)OCCC1CNCc2c(C(N)=O)c(-c3ccc(F)c(Cl)c3)nn21. The molecule has 0 bridgehead atoms. The van der Waals surface area contributed by atoms with Gasteiger partial charge in [-0.05, 0) is 24.6 Å². The number of carbonyl (C=O) groups excluding carboxylic acids is 1. The van der Waals surface area contributed by atoms with E-state index in [0.29, 0.717) is 36.5 Å². The number of halogens is 2. The molecule has 11 heteroatoms. The van der Waals surface area contributed by atoms with Gasteiger partial charge in [0, 0.05) is 18.7 Å². The fraction of sp³-hybridized carbons (Fsp3) is 0.375. The van der Waals surface area contributed by atoms with Gasteiger partial charge in [-0.1, -0.05) is 11.6 Å². The molecule has 1 atom stereocenters. The van der Waals surface area contributed by atoms with Crippen molar-refractivity contribution in [3.8, 4) is 11.3 Å². The van der Waals surface area contributed by atoms with Crippen molar-refractivity contribution in [3.05, 3.63) is 40.3 Å². The van der Waals surface area contributed by atoms with Gasteiger partial charge in [-0.3, -0.25) is 13.7 Å². The molecule has 146 valence electrons. The molecule has 1 aliphatic heterocycles. The maximum absolute atomic E-state index is 13.5. The smallest absolute Gasteiger partial charge is 0.264 e. The van der Waals surface area contributed by atoms with Crippen LogP contribution in [0.15, 0.2) is 18.2 Å². The predicted octanol–water partition coefficient (Wildman–Crippen LogP) is 1.45. The molecule has 0 saturated carbocycles. The molecule has 3 rings (SSSR count). The van der Waals surface area contributed by atoms with Crippen LogP contribution in [0.4, 0.5) is 4.39 Å². The summed E-state index contributed by atoms with van der Waals surface area (Å²) in [6.07, 6.45) is 1.34. The van der Waals surface area contributed by atoms with Crippen LogP contribution in [0.25, 0.3) is 11.3 Å². The Morgan fingerprint density at radius 2 is 2.26 bits per heavy atom. The Hall–Kier alpha value is -2.01. The average molecular weight is 417 g/mol. The van der Waals surface area contributed by atoms with Crippen molar-refractivity contribution in [3.63, 3.8) is 0 Å². The minimum atomic E-state index is -3.54. The summed E-state index contributed by atoms with van der Waals surface area (Å²) >= 11 is 5.85. The summed E-state index contributed by atoms with van der Waals surface area (Å²) in [5.41, 5.74) is 7.12. The second kappa shape index (κ2) is 7.55. The summed E-state index contributed by atoms with van der Waals surface area (Å²) in [4.78, 5) is 12.1. The van der Waals surface area contributed by atoms with Gasteiger partial charge >= 0.3 is 0 Å². The third-order valence-corrected chi connectivity index (χ3v) is 5.10. The Bertz CT molecular complexity index is 993. The van der Waals surface area contributed by atoms with Crippen LogP contribution in [0.2, 0.25) is 5.02 Å². The van der Waals surface area contributed by atoms with E-state index in [0.717, 1.165) is 6.26 Å². The number of hydrogen-bond donors (Lipinski definition) is 2. The van der Waals surface area contributed by atoms with Gasteiger partial charge in [-0.2, -0.15) is 13.5 Å². The largest absolute Gasteiger partial charge is 0.365 e. The maximum Gasteiger partial charge on any atom is 0.264 e. The Kier molecular flexibility index (Phi) is 5.52. The van der Waals surface area contributed by atoms with E-state index < -0.39 is 21.8 Å². The second-order valence-corrected chi connectivity index (χ2v) is 8.26. The molecule has 0 radical (unpaired) electrons. The summed E-state index contributed by atoms with van der Waals surface area (Å²) in [7, 11) is -3.54. The third kappa shape index (κ3) is 4.29. The number of aromatic nitrogens is 2. The highest BCUT2D eigenvalue weighted by Gasteiger charge is 2.29. The second-order valence-electron chi connectivity index (χ2n) is 6.21. The van der Waals surface area contributed by atoms with E-state index in [2.05, 4.69) is 10.4 Å². The number of benzene rings is 1. The molecule has 1 amide bonds. The Morgan fingerprint density at radius 1 is 1.52 bits per heavy atom. The number of primary amides is 1. The number of amides is 1. The third-order valence-electron chi connectivity index (χ3n) is 4.22. The van der Waals surface area contributed by atoms with Gasteiger partial charge in [-0.15, -0.1) is 0 Å². The summed E-state index contributed by atoms with van der Waals surface area (Å²) < 4.78 is 42.2. The lowest BCUT2D eigenvalue weighted by atomic mass is 10.0. The summed E-state index contributed by atoms with van der Waals surface area (Å²) in [5.74, 6) is -1.25. The number of nitrogens with one attached hydrogen (secondary N) is 1. The van der Waals surface area contributed by atoms with E-state index in [1.54, 1.807) is 4.68 Å². The zero-order valence-corrected chi connectivity index (χ0v) is 16.0. The number of nitrogens with zero attached hydrogens (tertiary/aromatic N) is 2. The highest BCUT2D eigenvalue weighted by Crippen LogP contribution is 2.32. The fourth-order valence-electron chi connectivity index (χ4n) is 3.05. The predicted molar refractivity (Wildman–Crippen MR) is 97.3 cm³/mol. The molecule has 8 nitrogen and oxygen atoms in total. The lowest BCUT2D eigenvalue weighted by molar-refractivity contribution is 0.0999. The number of nitrogens with two attached hydrogens (primary N) is 1. The highest BCUT2D eigenvalue weighted by atomic mass is 35.5. The first-order valence-corrected chi connectivity index (χ1v) is 10.3. The van der Waals surface area contributed by atoms with Gasteiger partial charge in [0.05, 0.1) is 35.2 Å². The van der Waals surface area contributed by atoms with E-state index in [4.69, 9.17) is 21.5 Å². The molecule has 0 saturated heterocycles. The Balaban J connectivity index is 1.99. The fourth-order valence-corrected chi connectivity index (χ4v) is 3.63. The first-order chi connectivity index (χ1) is 12.7. The van der Waals surface area contributed by atoms with Crippen molar-refractivity contribution in [1.29, 1.82) is 0 Å². The lowest BCUT2D eigenvalue weighted by Gasteiger charge is -2.25. The molecule has 0 aliphatic carbocycles. The Labute approximate surface area is 160 Å². The van der Waals surface area contributed by atoms with Crippen LogP contribution in [0.3, 0.4) is 0 Å². The molecule has 3 N–H and O–H groups in total. The van der Waals surface area contributed by atoms with E-state index in [1.807, 2.05) is 0 Å². The van der Waals surface area contributed by atoms with Crippen LogP contribution in [0, 0.1) is 5.82 Å². The normalized spacial score (nSPS) is 16.9. The minimum Gasteiger partial charge on any atom is -0.365 e. The standard InChI is InChI=1S/C16H18ClFN4O4S/c1-27(24,25)26-5-4-10-7-20-8-13-14(16(19)23)15(21-22(10)13)9-2-3-12(18)11(17)6-9/h2-3,6,10,20H,4-5,7-8H2,1H3,(H2,19,23). The molecule has 2 aromatic rings. The van der Waals surface area contributed by atoms with Crippen LogP contribution in [-0.4, -0.2) is 43.5 Å². The van der Waals surface area contributed by atoms with Crippen LogP contribution in [0.1, 0.15) is 28.5 Å². The monoisotopic (exact) mass is 416 g/mol. The molecule has 1 aliphatic rings. The number of rotatable bonds is 6. The van der Waals surface area contributed by atoms with Crippen LogP contribution in [0.5, 0.6) is 0 Å². The lowest BCUT2D eigenvalue weighted by Crippen LogP contribution is -2.35. The van der Waals surface area contributed by atoms with Crippen molar-refractivity contribution >= 4 is 27.6 Å². The Morgan fingerprint density at radius 3 is 2.89 bits per heavy atom. The first-order valence-electron chi connectivity index (χ1n) is 8.09. The van der Waals surface area contributed by atoms with Gasteiger partial charge in [-0.25, -0.2) is 4.39 Å². The highest BCUT2D eigenvalue weighted by molar-refractivity contribution is 7.85. The maximum atomic E-state index is 13.5. The number of fused-ring (bicyclic) bond motifs is 1. The summed E-state index contributed by atoms with van der Waals surface area (Å²) in [5, 5.41) is 7.57. The molecule has 27 heavy (non-hydrogen) atoms. The van der Waals surface area contributed by atoms with Gasteiger partial charge in [0.1, 0.15) is 11.5 Å². The molecule has 1 unspecified atom stereocenters. The van der Waals surface area contributed by atoms with Crippen LogP contribution >= 0.6 is 11.6 Å². The minimum absolute atomic E-state index is 0.0197. The van der Waals surface area contributed by atoms with E-state index in [9.17, 15) is 17.6 Å². The molecule has 0 spiro atoms. The molecular formula is C16H18ClFN4O4S. The van der Waals surface area contributed by atoms with Crippen molar-refractivity contribution in [1.82, 2.24) is 15.1 Å². The van der Waals surface area contributed by atoms with Gasteiger partial charge in [0.2, 0.25) is 0 Å². The summed E-state index contributed by atoms with van der Waals surface area (Å²) in [6.45, 7) is 0.862. The molecule has 1 aromatic heterocycles. The zero-order valence-electron chi connectivity index (χ0n) is 14.4. The molecule has 0 fully saturated rings. The number of carbonyl (C=O) groups is 1. The van der Waals surface area contributed by atoms with Crippen molar-refractivity contribution < 1.29 is 21.8 Å². The van der Waals surface area contributed by atoms with E-state index in [1.165, 1.54) is 18.2 Å². The van der Waals surface area contributed by atoms with Crippen molar-refractivity contribution in [2.24, 2.45) is 5.73 Å². The molecular weight excluding hydrogens is 399 g/mol. The topological polar surface area (TPSA) is 116 Å². The first kappa shape index (κ1) is 19.7.